The molecule has 0 aliphatic carbocycles. The van der Waals surface area contributed by atoms with E-state index >= 15 is 0 Å². The van der Waals surface area contributed by atoms with E-state index in [2.05, 4.69) is 9.47 Å². The van der Waals surface area contributed by atoms with Crippen LogP contribution < -0.4 is 0 Å². The Balaban J connectivity index is 1.46. The summed E-state index contributed by atoms with van der Waals surface area (Å²) in [5.74, 6) is -10.1. The van der Waals surface area contributed by atoms with Gasteiger partial charge >= 0.3 is 6.11 Å². The van der Waals surface area contributed by atoms with Gasteiger partial charge in [0, 0.05) is 12.7 Å². The Morgan fingerprint density at radius 3 is 1.98 bits per heavy atom. The number of hydrogen-bond donors (Lipinski definition) is 0. The molecule has 4 rings (SSSR count). The minimum Gasteiger partial charge on any atom is -0.377 e. The molecule has 0 saturated carbocycles. The molecule has 1 aliphatic rings. The fourth-order valence-electron chi connectivity index (χ4n) is 4.29. The van der Waals surface area contributed by atoms with Crippen molar-refractivity contribution in [3.05, 3.63) is 100 Å². The van der Waals surface area contributed by atoms with Crippen molar-refractivity contribution in [1.29, 1.82) is 0 Å². The van der Waals surface area contributed by atoms with Crippen LogP contribution >= 0.6 is 0 Å². The molecule has 12 heteroatoms. The van der Waals surface area contributed by atoms with Gasteiger partial charge in [0.05, 0.1) is 18.8 Å². The highest BCUT2D eigenvalue weighted by Gasteiger charge is 2.43. The summed E-state index contributed by atoms with van der Waals surface area (Å²) < 4.78 is 142. The summed E-state index contributed by atoms with van der Waals surface area (Å²) in [7, 11) is 1.18. The molecule has 1 saturated heterocycles. The van der Waals surface area contributed by atoms with Gasteiger partial charge < -0.3 is 14.2 Å². The molecule has 2 unspecified atom stereocenters. The fraction of sp³-hybridized carbons (Fsp3) is 0.286. The van der Waals surface area contributed by atoms with E-state index in [-0.39, 0.29) is 35.1 Å². The van der Waals surface area contributed by atoms with Crippen molar-refractivity contribution in [2.45, 2.75) is 31.2 Å². The predicted octanol–water partition coefficient (Wildman–Crippen LogP) is 8.29. The fourth-order valence-corrected chi connectivity index (χ4v) is 4.29. The third kappa shape index (κ3) is 6.34. The van der Waals surface area contributed by atoms with E-state index in [0.29, 0.717) is 12.1 Å². The summed E-state index contributed by atoms with van der Waals surface area (Å²) in [5.41, 5.74) is -1.86. The van der Waals surface area contributed by atoms with Crippen LogP contribution in [0.3, 0.4) is 0 Å². The number of benzene rings is 3. The summed E-state index contributed by atoms with van der Waals surface area (Å²) in [5, 5.41) is 0. The second-order valence-electron chi connectivity index (χ2n) is 9.00. The van der Waals surface area contributed by atoms with E-state index in [9.17, 15) is 39.5 Å². The maximum absolute atomic E-state index is 14.9. The topological polar surface area (TPSA) is 27.7 Å². The lowest BCUT2D eigenvalue weighted by atomic mass is 9.99. The van der Waals surface area contributed by atoms with Crippen molar-refractivity contribution in [1.82, 2.24) is 0 Å². The van der Waals surface area contributed by atoms with Gasteiger partial charge in [-0.15, -0.1) is 0 Å². The molecule has 0 amide bonds. The Kier molecular flexibility index (Phi) is 8.91. The lowest BCUT2D eigenvalue weighted by Gasteiger charge is -2.32. The maximum Gasteiger partial charge on any atom is 0.389 e. The summed E-state index contributed by atoms with van der Waals surface area (Å²) in [6.45, 7) is -1.09. The molecule has 0 spiro atoms. The molecule has 0 N–H and O–H groups in total. The summed E-state index contributed by atoms with van der Waals surface area (Å²) in [4.78, 5) is 0. The van der Waals surface area contributed by atoms with Crippen LogP contribution in [0.2, 0.25) is 0 Å². The first-order valence-electron chi connectivity index (χ1n) is 11.9. The Morgan fingerprint density at radius 1 is 0.850 bits per heavy atom. The van der Waals surface area contributed by atoms with Gasteiger partial charge in [0.2, 0.25) is 0 Å². The molecule has 0 bridgehead atoms. The first-order valence-corrected chi connectivity index (χ1v) is 11.9. The lowest BCUT2D eigenvalue weighted by Crippen LogP contribution is -2.34. The Morgan fingerprint density at radius 2 is 1.45 bits per heavy atom. The minimum absolute atomic E-state index is 0.0406. The standard InChI is InChI=1S/C28H21F9O3/c1-38-13-23(33)26(34)15-4-2-14(3-5-15)16-8-19(29)25(20(30)9-16)28(36,37)40-18-6-7-24(39-12-18)17-10-21(31)27(35)22(32)11-17/h2-5,8-11,18,24H,6-7,12-13H2,1H3. The first-order chi connectivity index (χ1) is 18.9. The predicted molar refractivity (Wildman–Crippen MR) is 126 cm³/mol. The Hall–Kier alpha value is -3.35. The van der Waals surface area contributed by atoms with E-state index in [1.165, 1.54) is 19.2 Å². The van der Waals surface area contributed by atoms with Gasteiger partial charge in [0.25, 0.3) is 0 Å². The summed E-state index contributed by atoms with van der Waals surface area (Å²) in [6, 6.07) is 7.50. The Labute approximate surface area is 222 Å². The van der Waals surface area contributed by atoms with E-state index in [0.717, 1.165) is 24.3 Å². The van der Waals surface area contributed by atoms with Gasteiger partial charge in [0.15, 0.2) is 29.1 Å². The van der Waals surface area contributed by atoms with E-state index in [1.54, 1.807) is 0 Å². The SMILES string of the molecule is COCC(F)=C(F)c1ccc(-c2cc(F)c(C(F)(F)OC3CCC(c4cc(F)c(F)c(F)c4)OC3)c(F)c2)cc1. The molecule has 2 atom stereocenters. The van der Waals surface area contributed by atoms with Crippen LogP contribution in [0, 0.1) is 29.1 Å². The first kappa shape index (κ1) is 29.6. The third-order valence-corrected chi connectivity index (χ3v) is 6.24. The molecule has 3 aromatic rings. The van der Waals surface area contributed by atoms with Gasteiger partial charge in [-0.2, -0.15) is 8.78 Å². The minimum atomic E-state index is -4.42. The van der Waals surface area contributed by atoms with Crippen molar-refractivity contribution in [3.63, 3.8) is 0 Å². The van der Waals surface area contributed by atoms with Crippen LogP contribution in [-0.2, 0) is 20.3 Å². The monoisotopic (exact) mass is 576 g/mol. The smallest absolute Gasteiger partial charge is 0.377 e. The van der Waals surface area contributed by atoms with Crippen LogP contribution in [0.1, 0.15) is 35.6 Å². The van der Waals surface area contributed by atoms with Gasteiger partial charge in [-0.1, -0.05) is 24.3 Å². The molecular weight excluding hydrogens is 555 g/mol. The molecule has 1 heterocycles. The highest BCUT2D eigenvalue weighted by Crippen LogP contribution is 2.40. The van der Waals surface area contributed by atoms with Crippen molar-refractivity contribution >= 4 is 5.83 Å². The molecule has 1 aliphatic heterocycles. The second kappa shape index (κ2) is 12.0. The number of methoxy groups -OCH3 is 1. The molecule has 40 heavy (non-hydrogen) atoms. The van der Waals surface area contributed by atoms with E-state index in [1.807, 2.05) is 0 Å². The number of alkyl halides is 2. The zero-order valence-electron chi connectivity index (χ0n) is 20.7. The van der Waals surface area contributed by atoms with Gasteiger partial charge in [-0.3, -0.25) is 0 Å². The molecule has 0 aromatic heterocycles. The van der Waals surface area contributed by atoms with Gasteiger partial charge in [-0.05, 0) is 53.8 Å². The van der Waals surface area contributed by atoms with Crippen LogP contribution in [-0.4, -0.2) is 26.4 Å². The van der Waals surface area contributed by atoms with Gasteiger partial charge in [0.1, 0.15) is 23.8 Å². The average Bonchev–Trinajstić information content (AvgIpc) is 2.91. The van der Waals surface area contributed by atoms with E-state index in [4.69, 9.17) is 4.74 Å². The molecule has 0 radical (unpaired) electrons. The van der Waals surface area contributed by atoms with Crippen molar-refractivity contribution in [2.75, 3.05) is 20.3 Å². The summed E-state index contributed by atoms with van der Waals surface area (Å²) in [6.07, 6.45) is -6.84. The van der Waals surface area contributed by atoms with E-state index < -0.39 is 77.8 Å². The van der Waals surface area contributed by atoms with Crippen LogP contribution in [0.4, 0.5) is 39.5 Å². The largest absolute Gasteiger partial charge is 0.389 e. The highest BCUT2D eigenvalue weighted by atomic mass is 19.3. The normalized spacial score (nSPS) is 18.6. The molecule has 3 nitrogen and oxygen atoms in total. The zero-order chi connectivity index (χ0) is 29.2. The van der Waals surface area contributed by atoms with Crippen molar-refractivity contribution < 1.29 is 53.7 Å². The second-order valence-corrected chi connectivity index (χ2v) is 9.00. The van der Waals surface area contributed by atoms with Crippen LogP contribution in [0.25, 0.3) is 17.0 Å². The quantitative estimate of drug-likeness (QED) is 0.200. The lowest BCUT2D eigenvalue weighted by molar-refractivity contribution is -0.291. The average molecular weight is 576 g/mol. The third-order valence-electron chi connectivity index (χ3n) is 6.24. The molecule has 3 aromatic carbocycles. The number of rotatable bonds is 8. The van der Waals surface area contributed by atoms with Crippen LogP contribution in [0.15, 0.2) is 54.4 Å². The zero-order valence-corrected chi connectivity index (χ0v) is 20.7. The van der Waals surface area contributed by atoms with Crippen molar-refractivity contribution in [3.8, 4) is 11.1 Å². The summed E-state index contributed by atoms with van der Waals surface area (Å²) >= 11 is 0. The Bertz CT molecular complexity index is 1350. The number of hydrogen-bond acceptors (Lipinski definition) is 3. The molecule has 214 valence electrons. The van der Waals surface area contributed by atoms with Gasteiger partial charge in [-0.25, -0.2) is 30.7 Å². The maximum atomic E-state index is 14.9. The van der Waals surface area contributed by atoms with Crippen LogP contribution in [0.5, 0.6) is 0 Å². The van der Waals surface area contributed by atoms with Crippen molar-refractivity contribution in [2.24, 2.45) is 0 Å². The number of halogens is 9. The highest BCUT2D eigenvalue weighted by molar-refractivity contribution is 5.69. The molecule has 1 fully saturated rings. The molecular formula is C28H21F9O3. The number of ether oxygens (including phenoxy) is 3.